The molecule has 0 radical (unpaired) electrons. The van der Waals surface area contributed by atoms with E-state index in [4.69, 9.17) is 14.2 Å². The largest absolute Gasteiger partial charge is 0.363 e. The van der Waals surface area contributed by atoms with Crippen LogP contribution in [0, 0.1) is 0 Å². The van der Waals surface area contributed by atoms with Gasteiger partial charge in [0.25, 0.3) is 0 Å². The van der Waals surface area contributed by atoms with Crippen LogP contribution in [0.25, 0.3) is 0 Å². The smallest absolute Gasteiger partial charge is 0.124 e. The van der Waals surface area contributed by atoms with Gasteiger partial charge in [0.2, 0.25) is 0 Å². The number of ether oxygens (including phenoxy) is 3. The molecule has 11 heteroatoms. The van der Waals surface area contributed by atoms with Crippen LogP contribution in [0.1, 0.15) is 63.9 Å². The van der Waals surface area contributed by atoms with Gasteiger partial charge in [0.1, 0.15) is 23.4 Å². The van der Waals surface area contributed by atoms with Gasteiger partial charge in [-0.3, -0.25) is 0 Å². The van der Waals surface area contributed by atoms with Gasteiger partial charge in [0.15, 0.2) is 0 Å². The molecular formula is C24H22Br8O3. The second-order valence-electron chi connectivity index (χ2n) is 8.81. The highest BCUT2D eigenvalue weighted by Crippen LogP contribution is 2.60. The third-order valence-electron chi connectivity index (χ3n) is 7.15. The first-order valence-corrected chi connectivity index (χ1v) is 17.4. The summed E-state index contributed by atoms with van der Waals surface area (Å²) in [5, 5.41) is 0. The number of rotatable bonds is 8. The second kappa shape index (κ2) is 11.2. The minimum atomic E-state index is -0.448. The summed E-state index contributed by atoms with van der Waals surface area (Å²) >= 11 is 29.8. The molecule has 2 aromatic carbocycles. The molecule has 6 atom stereocenters. The Kier molecular flexibility index (Phi) is 9.65. The van der Waals surface area contributed by atoms with E-state index in [0.29, 0.717) is 0 Å². The van der Waals surface area contributed by atoms with Crippen molar-refractivity contribution in [3.63, 3.8) is 0 Å². The predicted molar refractivity (Wildman–Crippen MR) is 168 cm³/mol. The minimum Gasteiger partial charge on any atom is -0.363 e. The first-order valence-electron chi connectivity index (χ1n) is 11.0. The fraction of sp³-hybridized carbons (Fsp3) is 0.500. The number of hydrogen-bond donors (Lipinski definition) is 0. The van der Waals surface area contributed by atoms with E-state index in [2.05, 4.69) is 167 Å². The predicted octanol–water partition coefficient (Wildman–Crippen LogP) is 11.7. The molecule has 2 aliphatic heterocycles. The van der Waals surface area contributed by atoms with E-state index in [0.717, 1.165) is 59.8 Å². The summed E-state index contributed by atoms with van der Waals surface area (Å²) in [7, 11) is 0. The van der Waals surface area contributed by atoms with E-state index in [1.807, 2.05) is 0 Å². The molecule has 2 aliphatic rings. The van der Waals surface area contributed by atoms with Crippen molar-refractivity contribution in [1.82, 2.24) is 0 Å². The van der Waals surface area contributed by atoms with Gasteiger partial charge in [-0.2, -0.15) is 0 Å². The average Bonchev–Trinajstić information content (AvgIpc) is 3.71. The van der Waals surface area contributed by atoms with Crippen LogP contribution >= 0.6 is 127 Å². The Bertz CT molecular complexity index is 1080. The molecule has 2 fully saturated rings. The fourth-order valence-corrected chi connectivity index (χ4v) is 9.36. The minimum absolute atomic E-state index is 0.0631. The molecule has 2 heterocycles. The summed E-state index contributed by atoms with van der Waals surface area (Å²) in [6, 6.07) is 4.20. The molecular weight excluding hydrogens is 975 g/mol. The molecule has 0 bridgehead atoms. The van der Waals surface area contributed by atoms with Crippen molar-refractivity contribution < 1.29 is 14.2 Å². The van der Waals surface area contributed by atoms with Crippen molar-refractivity contribution in [3.8, 4) is 0 Å². The van der Waals surface area contributed by atoms with Crippen molar-refractivity contribution in [2.75, 3.05) is 0 Å². The molecule has 3 nitrogen and oxygen atoms in total. The second-order valence-corrected chi connectivity index (χ2v) is 15.3. The van der Waals surface area contributed by atoms with E-state index in [1.54, 1.807) is 0 Å². The average molecular weight is 998 g/mol. The summed E-state index contributed by atoms with van der Waals surface area (Å²) in [5.74, 6) is 0. The van der Waals surface area contributed by atoms with Crippen LogP contribution < -0.4 is 0 Å². The molecule has 0 N–H and O–H groups in total. The maximum atomic E-state index is 7.24. The molecule has 0 amide bonds. The quantitative estimate of drug-likeness (QED) is 0.150. The molecule has 4 rings (SSSR count). The van der Waals surface area contributed by atoms with Gasteiger partial charge in [-0.05, 0) is 166 Å². The van der Waals surface area contributed by atoms with E-state index >= 15 is 0 Å². The van der Waals surface area contributed by atoms with Gasteiger partial charge in [-0.15, -0.1) is 0 Å². The van der Waals surface area contributed by atoms with Crippen LogP contribution in [-0.4, -0.2) is 23.4 Å². The van der Waals surface area contributed by atoms with Gasteiger partial charge in [-0.1, -0.05) is 13.8 Å². The molecule has 0 saturated carbocycles. The summed E-state index contributed by atoms with van der Waals surface area (Å²) < 4.78 is 27.3. The summed E-state index contributed by atoms with van der Waals surface area (Å²) in [5.41, 5.74) is 1.12. The Morgan fingerprint density at radius 3 is 1.23 bits per heavy atom. The lowest BCUT2D eigenvalue weighted by Gasteiger charge is -2.34. The molecule has 0 spiro atoms. The third-order valence-corrected chi connectivity index (χ3v) is 16.5. The molecule has 192 valence electrons. The number of hydrogen-bond acceptors (Lipinski definition) is 3. The number of epoxide rings is 2. The van der Waals surface area contributed by atoms with E-state index < -0.39 is 11.2 Å². The fourth-order valence-electron chi connectivity index (χ4n) is 4.86. The monoisotopic (exact) mass is 990 g/mol. The Labute approximate surface area is 273 Å². The van der Waals surface area contributed by atoms with Gasteiger partial charge < -0.3 is 14.2 Å². The zero-order chi connectivity index (χ0) is 26.0. The zero-order valence-electron chi connectivity index (χ0n) is 19.1. The van der Waals surface area contributed by atoms with Crippen LogP contribution in [0.2, 0.25) is 0 Å². The van der Waals surface area contributed by atoms with Crippen molar-refractivity contribution in [3.05, 3.63) is 59.0 Å². The lowest BCUT2D eigenvalue weighted by molar-refractivity contribution is -0.0925. The van der Waals surface area contributed by atoms with Crippen LogP contribution in [0.3, 0.4) is 0 Å². The third kappa shape index (κ3) is 5.19. The van der Waals surface area contributed by atoms with Crippen LogP contribution in [0.4, 0.5) is 0 Å². The van der Waals surface area contributed by atoms with Gasteiger partial charge >= 0.3 is 0 Å². The van der Waals surface area contributed by atoms with Crippen LogP contribution in [0.5, 0.6) is 0 Å². The number of halogens is 8. The van der Waals surface area contributed by atoms with Gasteiger partial charge in [0, 0.05) is 46.9 Å². The molecule has 0 aromatic heterocycles. The normalized spacial score (nSPS) is 29.3. The SMILES string of the molecule is CCC1(C(OC(c2cc(Br)c(Br)c(Br)c2Br)C2(CC)OC2C)c2cc(Br)c(Br)c(Br)c2Br)OC1C. The highest BCUT2D eigenvalue weighted by Gasteiger charge is 2.64. The maximum Gasteiger partial charge on any atom is 0.124 e. The first-order chi connectivity index (χ1) is 16.4. The lowest BCUT2D eigenvalue weighted by atomic mass is 9.87. The zero-order valence-corrected chi connectivity index (χ0v) is 31.8. The van der Waals surface area contributed by atoms with E-state index in [9.17, 15) is 0 Å². The van der Waals surface area contributed by atoms with Crippen molar-refractivity contribution >= 4 is 127 Å². The van der Waals surface area contributed by atoms with E-state index in [-0.39, 0.29) is 24.4 Å². The Balaban J connectivity index is 1.92. The Morgan fingerprint density at radius 1 is 0.657 bits per heavy atom. The van der Waals surface area contributed by atoms with Crippen molar-refractivity contribution in [2.45, 2.75) is 76.2 Å². The molecule has 0 aliphatic carbocycles. The van der Waals surface area contributed by atoms with Crippen molar-refractivity contribution in [2.24, 2.45) is 0 Å². The Hall–Kier alpha value is 2.16. The van der Waals surface area contributed by atoms with Gasteiger partial charge in [0.05, 0.1) is 12.2 Å². The van der Waals surface area contributed by atoms with Gasteiger partial charge in [-0.25, -0.2) is 0 Å². The molecule has 35 heavy (non-hydrogen) atoms. The van der Waals surface area contributed by atoms with Crippen molar-refractivity contribution in [1.29, 1.82) is 0 Å². The van der Waals surface area contributed by atoms with Crippen LogP contribution in [-0.2, 0) is 14.2 Å². The standard InChI is InChI=1S/C24H22Br8O3/c1-5-23(9(3)34-23)21(11-7-13(25)17(29)19(31)15(11)27)33-22(24(6-2)10(4)35-24)12-8-14(26)18(30)20(32)16(12)28/h7-10,21-22H,5-6H2,1-4H3. The summed E-state index contributed by atoms with van der Waals surface area (Å²) in [6.07, 6.45) is 1.05. The summed E-state index contributed by atoms with van der Waals surface area (Å²) in [4.78, 5) is 0. The Morgan fingerprint density at radius 2 is 0.971 bits per heavy atom. The first kappa shape index (κ1) is 30.1. The summed E-state index contributed by atoms with van der Waals surface area (Å²) in [6.45, 7) is 8.53. The molecule has 2 saturated heterocycles. The number of benzene rings is 2. The van der Waals surface area contributed by atoms with E-state index in [1.165, 1.54) is 0 Å². The highest BCUT2D eigenvalue weighted by molar-refractivity contribution is 9.15. The molecule has 2 aromatic rings. The molecule has 6 unspecified atom stereocenters. The lowest BCUT2D eigenvalue weighted by Crippen LogP contribution is -2.34. The highest BCUT2D eigenvalue weighted by atomic mass is 79.9. The topological polar surface area (TPSA) is 34.3 Å². The maximum absolute atomic E-state index is 7.24. The van der Waals surface area contributed by atoms with Crippen LogP contribution in [0.15, 0.2) is 47.9 Å².